The van der Waals surface area contributed by atoms with Gasteiger partial charge in [0.25, 0.3) is 0 Å². The van der Waals surface area contributed by atoms with Crippen LogP contribution >= 0.6 is 0 Å². The van der Waals surface area contributed by atoms with Gasteiger partial charge in [-0.1, -0.05) is 0 Å². The number of hydrogen-bond acceptors (Lipinski definition) is 5. The zero-order valence-corrected chi connectivity index (χ0v) is 14.0. The molecule has 1 spiro atoms. The molecule has 3 saturated heterocycles. The van der Waals surface area contributed by atoms with E-state index in [2.05, 4.69) is 17.3 Å². The lowest BCUT2D eigenvalue weighted by molar-refractivity contribution is -0.131. The average molecular weight is 342 g/mol. The maximum atomic E-state index is 12.5. The van der Waals surface area contributed by atoms with Gasteiger partial charge in [0, 0.05) is 25.7 Å². The molecule has 0 aromatic carbocycles. The van der Waals surface area contributed by atoms with E-state index >= 15 is 0 Å². The lowest BCUT2D eigenvalue weighted by atomic mass is 9.61. The van der Waals surface area contributed by atoms with Crippen LogP contribution in [-0.4, -0.2) is 75.8 Å². The number of nitrogens with zero attached hydrogens (tertiary/aromatic N) is 3. The van der Waals surface area contributed by atoms with Crippen LogP contribution in [0.15, 0.2) is 0 Å². The second kappa shape index (κ2) is 5.42. The minimum atomic E-state index is -0.542. The van der Waals surface area contributed by atoms with Crippen molar-refractivity contribution in [3.05, 3.63) is 0 Å². The summed E-state index contributed by atoms with van der Waals surface area (Å²) >= 11 is -0.542. The lowest BCUT2D eigenvalue weighted by Gasteiger charge is -2.58. The first kappa shape index (κ1) is 15.3. The number of thiol groups is 1. The highest BCUT2D eigenvalue weighted by molar-refractivity contribution is 7.60. The topological polar surface area (TPSA) is 82.2 Å². The first-order valence-corrected chi connectivity index (χ1v) is 8.83. The highest BCUT2D eigenvalue weighted by Crippen LogP contribution is 2.47. The van der Waals surface area contributed by atoms with Crippen molar-refractivity contribution in [2.75, 3.05) is 26.7 Å². The fraction of sp³-hybridized carbons (Fsp3) is 0.857. The van der Waals surface area contributed by atoms with E-state index < -0.39 is 18.0 Å². The van der Waals surface area contributed by atoms with Crippen molar-refractivity contribution in [1.29, 1.82) is 0 Å². The first-order valence-electron chi connectivity index (χ1n) is 8.10. The van der Waals surface area contributed by atoms with Gasteiger partial charge in [-0.15, -0.1) is 0 Å². The van der Waals surface area contributed by atoms with Gasteiger partial charge in [0.1, 0.15) is 6.04 Å². The molecule has 8 nitrogen and oxygen atoms in total. The molecule has 3 heterocycles. The molecule has 0 radical (unpaired) electrons. The van der Waals surface area contributed by atoms with Crippen LogP contribution in [0.5, 0.6) is 0 Å². The molecule has 1 saturated carbocycles. The van der Waals surface area contributed by atoms with Crippen molar-refractivity contribution in [3.63, 3.8) is 0 Å². The summed E-state index contributed by atoms with van der Waals surface area (Å²) in [7, 11) is 2.11. The zero-order valence-electron chi connectivity index (χ0n) is 13.1. The summed E-state index contributed by atoms with van der Waals surface area (Å²) in [5.41, 5.74) is 0.422. The number of amides is 3. The van der Waals surface area contributed by atoms with Crippen LogP contribution < -0.4 is 5.32 Å². The quantitative estimate of drug-likeness (QED) is 0.658. The van der Waals surface area contributed by atoms with Crippen LogP contribution in [0.4, 0.5) is 4.79 Å². The number of urea groups is 1. The van der Waals surface area contributed by atoms with Gasteiger partial charge < -0.3 is 15.1 Å². The Hall–Kier alpha value is -1.19. The highest BCUT2D eigenvalue weighted by atomic mass is 32.2. The molecule has 4 aliphatic rings. The van der Waals surface area contributed by atoms with Crippen LogP contribution in [0.2, 0.25) is 0 Å². The summed E-state index contributed by atoms with van der Waals surface area (Å²) in [6.45, 7) is 2.71. The molecule has 1 unspecified atom stereocenters. The summed E-state index contributed by atoms with van der Waals surface area (Å²) in [5, 5.41) is 4.24. The van der Waals surface area contributed by atoms with Gasteiger partial charge in [0.05, 0.1) is 6.04 Å². The monoisotopic (exact) mass is 342 g/mol. The van der Waals surface area contributed by atoms with Crippen LogP contribution in [0, 0.1) is 5.41 Å². The third-order valence-corrected chi connectivity index (χ3v) is 5.91. The van der Waals surface area contributed by atoms with Crippen LogP contribution in [-0.2, 0) is 21.0 Å². The Morgan fingerprint density at radius 1 is 1.35 bits per heavy atom. The summed E-state index contributed by atoms with van der Waals surface area (Å²) in [6, 6.07) is -0.664. The standard InChI is InChI=1S/C14H22N4O4S/c1-16-7-14(8-16)4-9(5-14)15-12(19)11-3-2-10-6-17(11)13(20)18(10)22-23-21/h9-11,23H,2-8H2,1H3,(H,15,19)/t10-,11?/m1/s1. The molecule has 3 aliphatic heterocycles. The third kappa shape index (κ3) is 2.45. The maximum absolute atomic E-state index is 12.5. The summed E-state index contributed by atoms with van der Waals surface area (Å²) in [6.07, 6.45) is 3.39. The van der Waals surface area contributed by atoms with Gasteiger partial charge in [-0.2, -0.15) is 9.35 Å². The predicted octanol–water partition coefficient (Wildman–Crippen LogP) is -0.743. The Morgan fingerprint density at radius 3 is 2.74 bits per heavy atom. The molecule has 1 N–H and O–H groups in total. The van der Waals surface area contributed by atoms with E-state index in [1.54, 1.807) is 4.90 Å². The number of fused-ring (bicyclic) bond motifs is 2. The Morgan fingerprint density at radius 2 is 2.09 bits per heavy atom. The normalized spacial score (nSPS) is 32.8. The molecule has 0 aromatic heterocycles. The highest BCUT2D eigenvalue weighted by Gasteiger charge is 2.53. The van der Waals surface area contributed by atoms with E-state index in [0.717, 1.165) is 31.0 Å². The predicted molar refractivity (Wildman–Crippen MR) is 82.5 cm³/mol. The number of piperidine rings is 1. The molecule has 4 rings (SSSR count). The Kier molecular flexibility index (Phi) is 3.62. The van der Waals surface area contributed by atoms with E-state index in [1.807, 2.05) is 0 Å². The lowest BCUT2D eigenvalue weighted by Crippen LogP contribution is -2.66. The van der Waals surface area contributed by atoms with Crippen LogP contribution in [0.1, 0.15) is 25.7 Å². The molecule has 23 heavy (non-hydrogen) atoms. The maximum Gasteiger partial charge on any atom is 0.346 e. The third-order valence-electron chi connectivity index (χ3n) is 5.66. The summed E-state index contributed by atoms with van der Waals surface area (Å²) < 4.78 is 15.5. The Labute approximate surface area is 138 Å². The number of rotatable bonds is 4. The molecule has 1 aliphatic carbocycles. The average Bonchev–Trinajstić information content (AvgIpc) is 2.69. The van der Waals surface area contributed by atoms with Gasteiger partial charge in [0.15, 0.2) is 11.9 Å². The van der Waals surface area contributed by atoms with Gasteiger partial charge in [0.2, 0.25) is 5.91 Å². The minimum Gasteiger partial charge on any atom is -0.352 e. The van der Waals surface area contributed by atoms with E-state index in [1.165, 1.54) is 0 Å². The van der Waals surface area contributed by atoms with Crippen molar-refractivity contribution in [3.8, 4) is 0 Å². The number of hydroxylamine groups is 2. The summed E-state index contributed by atoms with van der Waals surface area (Å²) in [5.74, 6) is -0.0640. The van der Waals surface area contributed by atoms with Gasteiger partial charge >= 0.3 is 6.03 Å². The molecular weight excluding hydrogens is 320 g/mol. The van der Waals surface area contributed by atoms with E-state index in [4.69, 9.17) is 4.28 Å². The molecule has 3 amide bonds. The fourth-order valence-electron chi connectivity index (χ4n) is 4.79. The van der Waals surface area contributed by atoms with Crippen LogP contribution in [0.3, 0.4) is 0 Å². The van der Waals surface area contributed by atoms with Crippen molar-refractivity contribution in [2.24, 2.45) is 5.41 Å². The molecule has 2 bridgehead atoms. The number of carbonyl (C=O) groups is 2. The number of hydrogen-bond donors (Lipinski definition) is 2. The molecule has 2 atom stereocenters. The first-order chi connectivity index (χ1) is 11.0. The molecule has 0 aromatic rings. The second-order valence-electron chi connectivity index (χ2n) is 7.45. The minimum absolute atomic E-state index is 0.0640. The largest absolute Gasteiger partial charge is 0.352 e. The number of likely N-dealkylation sites (tertiary alicyclic amines) is 1. The van der Waals surface area contributed by atoms with Crippen molar-refractivity contribution >= 4 is 23.9 Å². The molecular formula is C14H22N4O4S. The van der Waals surface area contributed by atoms with Crippen LogP contribution in [0.25, 0.3) is 0 Å². The summed E-state index contributed by atoms with van der Waals surface area (Å²) in [4.78, 5) is 28.6. The van der Waals surface area contributed by atoms with Crippen molar-refractivity contribution in [2.45, 2.75) is 43.8 Å². The Bertz CT molecular complexity index is 545. The smallest absolute Gasteiger partial charge is 0.346 e. The van der Waals surface area contributed by atoms with E-state index in [9.17, 15) is 13.8 Å². The fourth-order valence-corrected chi connectivity index (χ4v) is 5.06. The zero-order chi connectivity index (χ0) is 16.2. The van der Waals surface area contributed by atoms with Crippen molar-refractivity contribution < 1.29 is 18.1 Å². The SMILES string of the molecule is CN1CC2(CC(NC(=O)C3CC[C@@H]4CN3C(=O)N4O[SH]=O)C2)C1. The van der Waals surface area contributed by atoms with Gasteiger partial charge in [-0.3, -0.25) is 4.79 Å². The molecule has 9 heteroatoms. The Balaban J connectivity index is 1.33. The van der Waals surface area contributed by atoms with Gasteiger partial charge in [-0.25, -0.2) is 9.00 Å². The van der Waals surface area contributed by atoms with E-state index in [0.29, 0.717) is 24.8 Å². The number of carbonyl (C=O) groups excluding carboxylic acids is 2. The molecule has 128 valence electrons. The number of nitrogens with one attached hydrogen (secondary N) is 1. The molecule has 4 fully saturated rings. The van der Waals surface area contributed by atoms with Crippen molar-refractivity contribution in [1.82, 2.24) is 20.2 Å². The second-order valence-corrected chi connectivity index (χ2v) is 7.76. The van der Waals surface area contributed by atoms with Gasteiger partial charge in [-0.05, 0) is 38.1 Å². The van der Waals surface area contributed by atoms with E-state index in [-0.39, 0.29) is 24.0 Å².